The Kier molecular flexibility index (Phi) is 1.99. The zero-order valence-electron chi connectivity index (χ0n) is 8.02. The van der Waals surface area contributed by atoms with Crippen molar-refractivity contribution in [3.05, 3.63) is 28.8 Å². The maximum absolute atomic E-state index is 5.91. The third-order valence-corrected chi connectivity index (χ3v) is 2.73. The lowest BCUT2D eigenvalue weighted by Crippen LogP contribution is -2.30. The van der Waals surface area contributed by atoms with Gasteiger partial charge in [-0.05, 0) is 29.5 Å². The molecule has 2 heteroatoms. The minimum Gasteiger partial charge on any atom is -0.384 e. The normalized spacial score (nSPS) is 19.0. The highest BCUT2D eigenvalue weighted by molar-refractivity contribution is 6.30. The summed E-state index contributed by atoms with van der Waals surface area (Å²) in [5.74, 6) is 0. The Morgan fingerprint density at radius 1 is 1.38 bits per heavy atom. The van der Waals surface area contributed by atoms with Crippen molar-refractivity contribution < 1.29 is 0 Å². The van der Waals surface area contributed by atoms with Gasteiger partial charge in [-0.1, -0.05) is 31.5 Å². The van der Waals surface area contributed by atoms with Crippen molar-refractivity contribution in [3.8, 4) is 0 Å². The van der Waals surface area contributed by atoms with Crippen LogP contribution in [-0.4, -0.2) is 6.54 Å². The van der Waals surface area contributed by atoms with E-state index in [-0.39, 0.29) is 0 Å². The zero-order valence-corrected chi connectivity index (χ0v) is 8.78. The first kappa shape index (κ1) is 8.89. The molecule has 0 saturated carbocycles. The number of halogens is 1. The van der Waals surface area contributed by atoms with Crippen LogP contribution in [-0.2, 0) is 6.42 Å². The highest BCUT2D eigenvalue weighted by atomic mass is 35.5. The van der Waals surface area contributed by atoms with Crippen LogP contribution in [0.4, 0.5) is 5.69 Å². The maximum atomic E-state index is 5.91. The van der Waals surface area contributed by atoms with Gasteiger partial charge in [0.1, 0.15) is 0 Å². The van der Waals surface area contributed by atoms with Gasteiger partial charge in [0.25, 0.3) is 0 Å². The number of fused-ring (bicyclic) bond motifs is 1. The van der Waals surface area contributed by atoms with Crippen molar-refractivity contribution in [1.29, 1.82) is 0 Å². The van der Waals surface area contributed by atoms with E-state index < -0.39 is 0 Å². The second kappa shape index (κ2) is 2.91. The second-order valence-electron chi connectivity index (χ2n) is 4.50. The molecule has 70 valence electrons. The van der Waals surface area contributed by atoms with E-state index in [0.717, 1.165) is 18.0 Å². The van der Waals surface area contributed by atoms with Crippen LogP contribution in [0, 0.1) is 5.41 Å². The molecular weight excluding hydrogens is 182 g/mol. The summed E-state index contributed by atoms with van der Waals surface area (Å²) in [4.78, 5) is 0. The maximum Gasteiger partial charge on any atom is 0.0426 e. The summed E-state index contributed by atoms with van der Waals surface area (Å²) in [7, 11) is 0. The first-order valence-corrected chi connectivity index (χ1v) is 4.97. The van der Waals surface area contributed by atoms with Crippen LogP contribution < -0.4 is 5.32 Å². The highest BCUT2D eigenvalue weighted by Gasteiger charge is 2.24. The fourth-order valence-corrected chi connectivity index (χ4v) is 1.95. The van der Waals surface area contributed by atoms with Gasteiger partial charge in [0.15, 0.2) is 0 Å². The Hall–Kier alpha value is -0.690. The lowest BCUT2D eigenvalue weighted by atomic mass is 9.82. The number of benzene rings is 1. The van der Waals surface area contributed by atoms with Crippen molar-refractivity contribution in [3.63, 3.8) is 0 Å². The zero-order chi connectivity index (χ0) is 9.47. The SMILES string of the molecule is CC1(C)CNc2cc(Cl)ccc2C1. The number of nitrogens with one attached hydrogen (secondary N) is 1. The minimum absolute atomic E-state index is 0.362. The summed E-state index contributed by atoms with van der Waals surface area (Å²) >= 11 is 5.91. The molecule has 13 heavy (non-hydrogen) atoms. The molecule has 0 saturated heterocycles. The summed E-state index contributed by atoms with van der Waals surface area (Å²) < 4.78 is 0. The molecule has 0 amide bonds. The highest BCUT2D eigenvalue weighted by Crippen LogP contribution is 2.33. The van der Waals surface area contributed by atoms with Crippen molar-refractivity contribution in [1.82, 2.24) is 0 Å². The van der Waals surface area contributed by atoms with E-state index in [1.54, 1.807) is 0 Å². The average molecular weight is 196 g/mol. The molecule has 1 aromatic carbocycles. The summed E-state index contributed by atoms with van der Waals surface area (Å²) in [6, 6.07) is 6.08. The first-order valence-electron chi connectivity index (χ1n) is 4.59. The van der Waals surface area contributed by atoms with E-state index in [0.29, 0.717) is 5.41 Å². The molecule has 2 rings (SSSR count). The van der Waals surface area contributed by atoms with Gasteiger partial charge in [0.05, 0.1) is 0 Å². The summed E-state index contributed by atoms with van der Waals surface area (Å²) in [6.07, 6.45) is 1.13. The van der Waals surface area contributed by atoms with Crippen molar-refractivity contribution in [2.45, 2.75) is 20.3 Å². The molecular formula is C11H14ClN. The van der Waals surface area contributed by atoms with Gasteiger partial charge in [0, 0.05) is 17.3 Å². The molecule has 0 spiro atoms. The molecule has 0 aliphatic carbocycles. The van der Waals surface area contributed by atoms with E-state index in [1.165, 1.54) is 11.3 Å². The molecule has 0 unspecified atom stereocenters. The predicted molar refractivity (Wildman–Crippen MR) is 57.4 cm³/mol. The summed E-state index contributed by atoms with van der Waals surface area (Å²) in [6.45, 7) is 5.58. The minimum atomic E-state index is 0.362. The lowest BCUT2D eigenvalue weighted by molar-refractivity contribution is 0.379. The van der Waals surface area contributed by atoms with Crippen LogP contribution in [0.2, 0.25) is 5.02 Å². The number of hydrogen-bond donors (Lipinski definition) is 1. The van der Waals surface area contributed by atoms with E-state index in [1.807, 2.05) is 12.1 Å². The molecule has 1 heterocycles. The Morgan fingerprint density at radius 3 is 2.92 bits per heavy atom. The van der Waals surface area contributed by atoms with Crippen molar-refractivity contribution in [2.24, 2.45) is 5.41 Å². The smallest absolute Gasteiger partial charge is 0.0426 e. The van der Waals surface area contributed by atoms with E-state index >= 15 is 0 Å². The van der Waals surface area contributed by atoms with Gasteiger partial charge in [-0.25, -0.2) is 0 Å². The molecule has 0 radical (unpaired) electrons. The van der Waals surface area contributed by atoms with Gasteiger partial charge in [-0.15, -0.1) is 0 Å². The first-order chi connectivity index (χ1) is 6.07. The van der Waals surface area contributed by atoms with Crippen molar-refractivity contribution >= 4 is 17.3 Å². The molecule has 1 aliphatic heterocycles. The second-order valence-corrected chi connectivity index (χ2v) is 4.93. The summed E-state index contributed by atoms with van der Waals surface area (Å²) in [5.41, 5.74) is 2.94. The van der Waals surface area contributed by atoms with Crippen LogP contribution in [0.15, 0.2) is 18.2 Å². The average Bonchev–Trinajstić information content (AvgIpc) is 2.05. The molecule has 1 nitrogen and oxygen atoms in total. The van der Waals surface area contributed by atoms with Crippen LogP contribution >= 0.6 is 11.6 Å². The number of rotatable bonds is 0. The van der Waals surface area contributed by atoms with Crippen LogP contribution in [0.25, 0.3) is 0 Å². The molecule has 1 aromatic rings. The molecule has 0 atom stereocenters. The molecule has 0 fully saturated rings. The van der Waals surface area contributed by atoms with Gasteiger partial charge >= 0.3 is 0 Å². The molecule has 1 aliphatic rings. The van der Waals surface area contributed by atoms with E-state index in [9.17, 15) is 0 Å². The van der Waals surface area contributed by atoms with Gasteiger partial charge in [-0.2, -0.15) is 0 Å². The van der Waals surface area contributed by atoms with Gasteiger partial charge in [-0.3, -0.25) is 0 Å². The monoisotopic (exact) mass is 195 g/mol. The standard InChI is InChI=1S/C11H14ClN/c1-11(2)6-8-3-4-9(12)5-10(8)13-7-11/h3-5,13H,6-7H2,1-2H3. The van der Waals surface area contributed by atoms with Crippen LogP contribution in [0.1, 0.15) is 19.4 Å². The molecule has 0 bridgehead atoms. The van der Waals surface area contributed by atoms with Crippen LogP contribution in [0.3, 0.4) is 0 Å². The Balaban J connectivity index is 2.37. The third kappa shape index (κ3) is 1.80. The molecule has 1 N–H and O–H groups in total. The topological polar surface area (TPSA) is 12.0 Å². The van der Waals surface area contributed by atoms with E-state index in [4.69, 9.17) is 11.6 Å². The molecule has 0 aromatic heterocycles. The van der Waals surface area contributed by atoms with Crippen molar-refractivity contribution in [2.75, 3.05) is 11.9 Å². The van der Waals surface area contributed by atoms with E-state index in [2.05, 4.69) is 25.2 Å². The van der Waals surface area contributed by atoms with Gasteiger partial charge in [0.2, 0.25) is 0 Å². The lowest BCUT2D eigenvalue weighted by Gasteiger charge is -2.32. The van der Waals surface area contributed by atoms with Gasteiger partial charge < -0.3 is 5.32 Å². The quantitative estimate of drug-likeness (QED) is 0.670. The summed E-state index contributed by atoms with van der Waals surface area (Å²) in [5, 5.41) is 4.22. The Morgan fingerprint density at radius 2 is 2.15 bits per heavy atom. The number of anilines is 1. The fourth-order valence-electron chi connectivity index (χ4n) is 1.78. The third-order valence-electron chi connectivity index (χ3n) is 2.50. The Bertz CT molecular complexity index is 331. The fraction of sp³-hybridized carbons (Fsp3) is 0.455. The number of hydrogen-bond acceptors (Lipinski definition) is 1. The predicted octanol–water partition coefficient (Wildman–Crippen LogP) is 3.33. The Labute approximate surface area is 84.1 Å². The largest absolute Gasteiger partial charge is 0.384 e. The van der Waals surface area contributed by atoms with Crippen LogP contribution in [0.5, 0.6) is 0 Å².